The molecule has 1 aliphatic rings. The molecule has 0 spiro atoms. The van der Waals surface area contributed by atoms with Gasteiger partial charge in [-0.3, -0.25) is 4.90 Å². The summed E-state index contributed by atoms with van der Waals surface area (Å²) in [5, 5.41) is 3.82. The monoisotopic (exact) mass is 254 g/mol. The Bertz CT molecular complexity index is 217. The van der Waals surface area contributed by atoms with E-state index in [4.69, 9.17) is 0 Å². The van der Waals surface area contributed by atoms with Crippen LogP contribution in [-0.2, 0) is 0 Å². The third kappa shape index (κ3) is 3.08. The fourth-order valence-electron chi connectivity index (χ4n) is 4.04. The standard InChI is InChI=1S/C16H34N2/c1-6-14(5)15(17-7-2)16(12-10-11-13-16)18(8-3)9-4/h14-15,17H,6-13H2,1-5H3. The second-order valence-corrected chi connectivity index (χ2v) is 5.90. The number of nitrogens with zero attached hydrogens (tertiary/aromatic N) is 1. The summed E-state index contributed by atoms with van der Waals surface area (Å²) in [6.07, 6.45) is 6.87. The van der Waals surface area contributed by atoms with Crippen molar-refractivity contribution in [3.8, 4) is 0 Å². The van der Waals surface area contributed by atoms with Crippen molar-refractivity contribution in [1.29, 1.82) is 0 Å². The smallest absolute Gasteiger partial charge is 0.0364 e. The van der Waals surface area contributed by atoms with Crippen LogP contribution in [0.15, 0.2) is 0 Å². The Morgan fingerprint density at radius 1 is 1.06 bits per heavy atom. The van der Waals surface area contributed by atoms with Crippen molar-refractivity contribution >= 4 is 0 Å². The fraction of sp³-hybridized carbons (Fsp3) is 1.00. The number of hydrogen-bond acceptors (Lipinski definition) is 2. The minimum absolute atomic E-state index is 0.426. The van der Waals surface area contributed by atoms with Crippen molar-refractivity contribution in [3.63, 3.8) is 0 Å². The van der Waals surface area contributed by atoms with Crippen LogP contribution in [-0.4, -0.2) is 36.1 Å². The molecule has 1 aliphatic carbocycles. The Labute approximate surface area is 115 Å². The molecule has 108 valence electrons. The molecule has 0 bridgehead atoms. The Hall–Kier alpha value is -0.0800. The van der Waals surface area contributed by atoms with Crippen molar-refractivity contribution in [2.24, 2.45) is 5.92 Å². The van der Waals surface area contributed by atoms with Crippen LogP contribution in [0, 0.1) is 5.92 Å². The van der Waals surface area contributed by atoms with E-state index in [1.807, 2.05) is 0 Å². The molecule has 1 rings (SSSR count). The summed E-state index contributed by atoms with van der Waals surface area (Å²) in [6.45, 7) is 15.1. The highest BCUT2D eigenvalue weighted by atomic mass is 15.2. The first kappa shape index (κ1) is 16.0. The summed E-state index contributed by atoms with van der Waals surface area (Å²) >= 11 is 0. The first-order valence-corrected chi connectivity index (χ1v) is 8.14. The average Bonchev–Trinajstić information content (AvgIpc) is 2.87. The van der Waals surface area contributed by atoms with Gasteiger partial charge in [-0.15, -0.1) is 0 Å². The molecule has 2 unspecified atom stereocenters. The van der Waals surface area contributed by atoms with Crippen LogP contribution in [0.2, 0.25) is 0 Å². The normalized spacial score (nSPS) is 22.3. The first-order chi connectivity index (χ1) is 8.66. The van der Waals surface area contributed by atoms with E-state index in [2.05, 4.69) is 44.8 Å². The molecule has 2 atom stereocenters. The zero-order chi connectivity index (χ0) is 13.6. The topological polar surface area (TPSA) is 15.3 Å². The summed E-state index contributed by atoms with van der Waals surface area (Å²) in [5.41, 5.74) is 0.426. The summed E-state index contributed by atoms with van der Waals surface area (Å²) in [4.78, 5) is 2.74. The molecule has 0 radical (unpaired) electrons. The predicted molar refractivity (Wildman–Crippen MR) is 81.0 cm³/mol. The Morgan fingerprint density at radius 2 is 1.61 bits per heavy atom. The molecule has 1 saturated carbocycles. The lowest BCUT2D eigenvalue weighted by atomic mass is 9.78. The largest absolute Gasteiger partial charge is 0.312 e. The van der Waals surface area contributed by atoms with Crippen LogP contribution < -0.4 is 5.32 Å². The summed E-state index contributed by atoms with van der Waals surface area (Å²) in [7, 11) is 0. The van der Waals surface area contributed by atoms with E-state index >= 15 is 0 Å². The molecule has 0 amide bonds. The molecule has 2 nitrogen and oxygen atoms in total. The van der Waals surface area contributed by atoms with Gasteiger partial charge in [0.2, 0.25) is 0 Å². The van der Waals surface area contributed by atoms with E-state index in [9.17, 15) is 0 Å². The van der Waals surface area contributed by atoms with Crippen LogP contribution in [0.1, 0.15) is 66.7 Å². The van der Waals surface area contributed by atoms with Gasteiger partial charge in [-0.1, -0.05) is 53.9 Å². The van der Waals surface area contributed by atoms with Gasteiger partial charge in [0.1, 0.15) is 0 Å². The molecule has 0 aromatic heterocycles. The van der Waals surface area contributed by atoms with Gasteiger partial charge in [-0.25, -0.2) is 0 Å². The Morgan fingerprint density at radius 3 is 2.00 bits per heavy atom. The molecule has 2 heteroatoms. The van der Waals surface area contributed by atoms with Crippen molar-refractivity contribution in [1.82, 2.24) is 10.2 Å². The maximum absolute atomic E-state index is 3.82. The molecule has 0 heterocycles. The molecular formula is C16H34N2. The van der Waals surface area contributed by atoms with Crippen LogP contribution in [0.3, 0.4) is 0 Å². The summed E-state index contributed by atoms with van der Waals surface area (Å²) < 4.78 is 0. The van der Waals surface area contributed by atoms with Gasteiger partial charge in [0.25, 0.3) is 0 Å². The summed E-state index contributed by atoms with van der Waals surface area (Å²) in [6, 6.07) is 0.662. The van der Waals surface area contributed by atoms with E-state index in [1.165, 1.54) is 45.2 Å². The van der Waals surface area contributed by atoms with Crippen molar-refractivity contribution in [3.05, 3.63) is 0 Å². The molecule has 1 N–H and O–H groups in total. The van der Waals surface area contributed by atoms with Gasteiger partial charge in [0, 0.05) is 11.6 Å². The lowest BCUT2D eigenvalue weighted by molar-refractivity contribution is 0.0419. The predicted octanol–water partition coefficient (Wildman–Crippen LogP) is 3.67. The highest BCUT2D eigenvalue weighted by Crippen LogP contribution is 2.40. The second kappa shape index (κ2) is 7.49. The van der Waals surface area contributed by atoms with Gasteiger partial charge < -0.3 is 5.32 Å². The van der Waals surface area contributed by atoms with E-state index < -0.39 is 0 Å². The molecule has 1 fully saturated rings. The average molecular weight is 254 g/mol. The van der Waals surface area contributed by atoms with Crippen molar-refractivity contribution < 1.29 is 0 Å². The fourth-order valence-corrected chi connectivity index (χ4v) is 4.04. The molecule has 18 heavy (non-hydrogen) atoms. The van der Waals surface area contributed by atoms with Gasteiger partial charge >= 0.3 is 0 Å². The third-order valence-electron chi connectivity index (χ3n) is 5.08. The van der Waals surface area contributed by atoms with E-state index in [1.54, 1.807) is 0 Å². The number of rotatable bonds is 8. The van der Waals surface area contributed by atoms with Gasteiger partial charge in [0.15, 0.2) is 0 Å². The number of likely N-dealkylation sites (N-methyl/N-ethyl adjacent to an activating group) is 2. The SMILES string of the molecule is CCNC(C(C)CC)C1(N(CC)CC)CCCC1. The lowest BCUT2D eigenvalue weighted by Gasteiger charge is -2.49. The van der Waals surface area contributed by atoms with Crippen LogP contribution in [0.5, 0.6) is 0 Å². The van der Waals surface area contributed by atoms with E-state index in [0.29, 0.717) is 11.6 Å². The van der Waals surface area contributed by atoms with Crippen LogP contribution >= 0.6 is 0 Å². The van der Waals surface area contributed by atoms with Crippen molar-refractivity contribution in [2.75, 3.05) is 19.6 Å². The zero-order valence-corrected chi connectivity index (χ0v) is 13.3. The highest BCUT2D eigenvalue weighted by Gasteiger charge is 2.45. The maximum atomic E-state index is 3.82. The van der Waals surface area contributed by atoms with Crippen molar-refractivity contribution in [2.45, 2.75) is 78.3 Å². The van der Waals surface area contributed by atoms with Gasteiger partial charge in [-0.2, -0.15) is 0 Å². The van der Waals surface area contributed by atoms with Crippen LogP contribution in [0.4, 0.5) is 0 Å². The second-order valence-electron chi connectivity index (χ2n) is 5.90. The van der Waals surface area contributed by atoms with Crippen LogP contribution in [0.25, 0.3) is 0 Å². The number of hydrogen-bond donors (Lipinski definition) is 1. The Kier molecular flexibility index (Phi) is 6.65. The first-order valence-electron chi connectivity index (χ1n) is 8.14. The van der Waals surface area contributed by atoms with Gasteiger partial charge in [0.05, 0.1) is 0 Å². The molecule has 0 aromatic rings. The quantitative estimate of drug-likeness (QED) is 0.711. The zero-order valence-electron chi connectivity index (χ0n) is 13.3. The van der Waals surface area contributed by atoms with E-state index in [-0.39, 0.29) is 0 Å². The van der Waals surface area contributed by atoms with E-state index in [0.717, 1.165) is 12.5 Å². The maximum Gasteiger partial charge on any atom is 0.0364 e. The minimum Gasteiger partial charge on any atom is -0.312 e. The molecule has 0 aliphatic heterocycles. The lowest BCUT2D eigenvalue weighted by Crippen LogP contribution is -2.62. The summed E-state index contributed by atoms with van der Waals surface area (Å²) in [5.74, 6) is 0.767. The molecule has 0 aromatic carbocycles. The molecular weight excluding hydrogens is 220 g/mol. The number of nitrogens with one attached hydrogen (secondary N) is 1. The molecule has 0 saturated heterocycles. The third-order valence-corrected chi connectivity index (χ3v) is 5.08. The minimum atomic E-state index is 0.426. The van der Waals surface area contributed by atoms with Gasteiger partial charge in [-0.05, 0) is 38.4 Å². The highest BCUT2D eigenvalue weighted by molar-refractivity contribution is 5.04. The Balaban J connectivity index is 2.98.